The minimum atomic E-state index is 0.121. The van der Waals surface area contributed by atoms with Gasteiger partial charge in [0, 0.05) is 5.25 Å². The van der Waals surface area contributed by atoms with Crippen LogP contribution in [0.2, 0.25) is 0 Å². The van der Waals surface area contributed by atoms with E-state index in [4.69, 9.17) is 15.6 Å². The van der Waals surface area contributed by atoms with Gasteiger partial charge in [-0.15, -0.1) is 11.8 Å². The number of aliphatic hydroxyl groups excluding tert-OH is 1. The van der Waals surface area contributed by atoms with Crippen LogP contribution >= 0.6 is 11.8 Å². The number of nitrogen functional groups attached to an aromatic ring is 1. The van der Waals surface area contributed by atoms with E-state index in [9.17, 15) is 0 Å². The number of aliphatic hydroxyl groups is 1. The highest BCUT2D eigenvalue weighted by atomic mass is 32.2. The molecular formula is C11H18N2O2S. The lowest BCUT2D eigenvalue weighted by atomic mass is 10.4. The molecule has 5 heteroatoms. The highest BCUT2D eigenvalue weighted by molar-refractivity contribution is 7.99. The Bertz CT molecular complexity index is 334. The van der Waals surface area contributed by atoms with Crippen molar-refractivity contribution in [3.8, 4) is 5.88 Å². The summed E-state index contributed by atoms with van der Waals surface area (Å²) in [6.07, 6.45) is 0.922. The fraction of sp³-hybridized carbons (Fsp3) is 0.545. The van der Waals surface area contributed by atoms with E-state index in [0.29, 0.717) is 18.2 Å². The quantitative estimate of drug-likeness (QED) is 0.746. The maximum absolute atomic E-state index is 8.96. The lowest BCUT2D eigenvalue weighted by Gasteiger charge is -2.10. The Kier molecular flexibility index (Phi) is 5.42. The molecular weight excluding hydrogens is 224 g/mol. The van der Waals surface area contributed by atoms with Crippen molar-refractivity contribution in [1.82, 2.24) is 4.98 Å². The summed E-state index contributed by atoms with van der Waals surface area (Å²) in [6.45, 7) is 4.71. The number of nitrogens with two attached hydrogens (primary N) is 1. The number of ether oxygens (including phenoxy) is 1. The van der Waals surface area contributed by atoms with Crippen LogP contribution in [-0.2, 0) is 0 Å². The molecule has 1 atom stereocenters. The first-order valence-corrected chi connectivity index (χ1v) is 6.22. The molecule has 0 saturated carbocycles. The third-order valence-corrected chi connectivity index (χ3v) is 2.91. The molecule has 1 heterocycles. The Morgan fingerprint density at radius 1 is 1.56 bits per heavy atom. The van der Waals surface area contributed by atoms with Crippen molar-refractivity contribution in [3.63, 3.8) is 0 Å². The number of thioether (sulfide) groups is 1. The third kappa shape index (κ3) is 3.90. The van der Waals surface area contributed by atoms with E-state index in [1.807, 2.05) is 19.9 Å². The van der Waals surface area contributed by atoms with Crippen LogP contribution < -0.4 is 10.5 Å². The molecule has 0 amide bonds. The van der Waals surface area contributed by atoms with Gasteiger partial charge in [0.25, 0.3) is 0 Å². The van der Waals surface area contributed by atoms with E-state index >= 15 is 0 Å². The smallest absolute Gasteiger partial charge is 0.238 e. The van der Waals surface area contributed by atoms with Gasteiger partial charge in [0.15, 0.2) is 0 Å². The highest BCUT2D eigenvalue weighted by Crippen LogP contribution is 2.26. The molecule has 0 aliphatic carbocycles. The molecule has 0 radical (unpaired) electrons. The zero-order valence-electron chi connectivity index (χ0n) is 9.64. The van der Waals surface area contributed by atoms with E-state index in [-0.39, 0.29) is 11.9 Å². The SMILES string of the molecule is CCCOc1nc(SC(C)CO)ccc1N. The van der Waals surface area contributed by atoms with Gasteiger partial charge in [-0.25, -0.2) is 4.98 Å². The van der Waals surface area contributed by atoms with Gasteiger partial charge in [-0.05, 0) is 18.6 Å². The molecule has 16 heavy (non-hydrogen) atoms. The molecule has 0 aliphatic heterocycles. The van der Waals surface area contributed by atoms with Crippen LogP contribution in [0.25, 0.3) is 0 Å². The monoisotopic (exact) mass is 242 g/mol. The Balaban J connectivity index is 2.72. The summed E-state index contributed by atoms with van der Waals surface area (Å²) in [7, 11) is 0. The molecule has 0 aromatic carbocycles. The predicted molar refractivity (Wildman–Crippen MR) is 66.8 cm³/mol. The predicted octanol–water partition coefficient (Wildman–Crippen LogP) is 1.93. The van der Waals surface area contributed by atoms with Gasteiger partial charge in [-0.2, -0.15) is 0 Å². The van der Waals surface area contributed by atoms with Gasteiger partial charge in [-0.3, -0.25) is 0 Å². The van der Waals surface area contributed by atoms with E-state index in [0.717, 1.165) is 11.4 Å². The average Bonchev–Trinajstić information content (AvgIpc) is 2.29. The molecule has 0 saturated heterocycles. The van der Waals surface area contributed by atoms with E-state index < -0.39 is 0 Å². The van der Waals surface area contributed by atoms with Crippen LogP contribution in [0.1, 0.15) is 20.3 Å². The first kappa shape index (κ1) is 13.1. The summed E-state index contributed by atoms with van der Waals surface area (Å²) in [5.41, 5.74) is 6.30. The zero-order valence-corrected chi connectivity index (χ0v) is 10.5. The van der Waals surface area contributed by atoms with Crippen LogP contribution in [0.5, 0.6) is 5.88 Å². The molecule has 0 bridgehead atoms. The Labute approximate surface area is 100 Å². The van der Waals surface area contributed by atoms with Gasteiger partial charge in [0.05, 0.1) is 18.9 Å². The lowest BCUT2D eigenvalue weighted by Crippen LogP contribution is -2.05. The topological polar surface area (TPSA) is 68.4 Å². The minimum Gasteiger partial charge on any atom is -0.476 e. The summed E-state index contributed by atoms with van der Waals surface area (Å²) in [5.74, 6) is 0.483. The number of hydrogen-bond acceptors (Lipinski definition) is 5. The van der Waals surface area contributed by atoms with Crippen molar-refractivity contribution < 1.29 is 9.84 Å². The summed E-state index contributed by atoms with van der Waals surface area (Å²) in [5, 5.41) is 9.90. The zero-order chi connectivity index (χ0) is 12.0. The number of pyridine rings is 1. The second kappa shape index (κ2) is 6.60. The average molecular weight is 242 g/mol. The van der Waals surface area contributed by atoms with Crippen molar-refractivity contribution in [2.24, 2.45) is 0 Å². The van der Waals surface area contributed by atoms with Gasteiger partial charge in [-0.1, -0.05) is 13.8 Å². The van der Waals surface area contributed by atoms with Crippen molar-refractivity contribution in [2.45, 2.75) is 30.5 Å². The van der Waals surface area contributed by atoms with Gasteiger partial charge >= 0.3 is 0 Å². The molecule has 0 fully saturated rings. The largest absolute Gasteiger partial charge is 0.476 e. The van der Waals surface area contributed by atoms with E-state index in [2.05, 4.69) is 4.98 Å². The van der Waals surface area contributed by atoms with Crippen LogP contribution in [0.4, 0.5) is 5.69 Å². The first-order valence-electron chi connectivity index (χ1n) is 5.34. The molecule has 1 rings (SSSR count). The van der Waals surface area contributed by atoms with Crippen molar-refractivity contribution in [2.75, 3.05) is 18.9 Å². The number of nitrogens with zero attached hydrogens (tertiary/aromatic N) is 1. The van der Waals surface area contributed by atoms with E-state index in [1.54, 1.807) is 6.07 Å². The summed E-state index contributed by atoms with van der Waals surface area (Å²) >= 11 is 1.50. The molecule has 90 valence electrons. The van der Waals surface area contributed by atoms with Gasteiger partial charge < -0.3 is 15.6 Å². The minimum absolute atomic E-state index is 0.121. The van der Waals surface area contributed by atoms with Gasteiger partial charge in [0.1, 0.15) is 5.03 Å². The Morgan fingerprint density at radius 3 is 2.94 bits per heavy atom. The third-order valence-electron chi connectivity index (χ3n) is 1.89. The standard InChI is InChI=1S/C11H18N2O2S/c1-3-6-15-11-9(12)4-5-10(13-11)16-8(2)7-14/h4-5,8,14H,3,6-7,12H2,1-2H3. The maximum Gasteiger partial charge on any atom is 0.238 e. The summed E-state index contributed by atoms with van der Waals surface area (Å²) < 4.78 is 5.43. The highest BCUT2D eigenvalue weighted by Gasteiger charge is 2.08. The Hall–Kier alpha value is -0.940. The second-order valence-electron chi connectivity index (χ2n) is 3.50. The molecule has 3 N–H and O–H groups in total. The number of anilines is 1. The normalized spacial score (nSPS) is 12.4. The molecule has 1 aromatic rings. The molecule has 0 spiro atoms. The molecule has 4 nitrogen and oxygen atoms in total. The van der Waals surface area contributed by atoms with Gasteiger partial charge in [0.2, 0.25) is 5.88 Å². The van der Waals surface area contributed by atoms with Crippen molar-refractivity contribution in [1.29, 1.82) is 0 Å². The van der Waals surface area contributed by atoms with Crippen LogP contribution in [-0.4, -0.2) is 28.6 Å². The fourth-order valence-corrected chi connectivity index (χ4v) is 1.83. The van der Waals surface area contributed by atoms with E-state index in [1.165, 1.54) is 11.8 Å². The molecule has 1 unspecified atom stereocenters. The Morgan fingerprint density at radius 2 is 2.31 bits per heavy atom. The molecule has 0 aliphatic rings. The summed E-state index contributed by atoms with van der Waals surface area (Å²) in [6, 6.07) is 3.62. The fourth-order valence-electron chi connectivity index (χ4n) is 1.06. The number of aromatic nitrogens is 1. The lowest BCUT2D eigenvalue weighted by molar-refractivity contribution is 0.299. The second-order valence-corrected chi connectivity index (χ2v) is 4.96. The molecule has 1 aromatic heterocycles. The summed E-state index contributed by atoms with van der Waals surface area (Å²) in [4.78, 5) is 4.30. The first-order chi connectivity index (χ1) is 7.67. The number of rotatable bonds is 6. The van der Waals surface area contributed by atoms with Crippen molar-refractivity contribution >= 4 is 17.4 Å². The maximum atomic E-state index is 8.96. The number of hydrogen-bond donors (Lipinski definition) is 2. The van der Waals surface area contributed by atoms with Crippen molar-refractivity contribution in [3.05, 3.63) is 12.1 Å². The van der Waals surface area contributed by atoms with Crippen LogP contribution in [0.15, 0.2) is 17.2 Å². The van der Waals surface area contributed by atoms with Crippen LogP contribution in [0, 0.1) is 0 Å². The van der Waals surface area contributed by atoms with Crippen LogP contribution in [0.3, 0.4) is 0 Å².